The molecule has 0 bridgehead atoms. The molecule has 1 amide bonds. The molecule has 1 saturated heterocycles. The summed E-state index contributed by atoms with van der Waals surface area (Å²) in [6.45, 7) is 1.98. The van der Waals surface area contributed by atoms with E-state index >= 15 is 0 Å². The van der Waals surface area contributed by atoms with E-state index in [-0.39, 0.29) is 11.6 Å². The van der Waals surface area contributed by atoms with Crippen LogP contribution in [0.4, 0.5) is 11.5 Å². The summed E-state index contributed by atoms with van der Waals surface area (Å²) in [5.74, 6) is 1.67. The van der Waals surface area contributed by atoms with Crippen molar-refractivity contribution in [1.82, 2.24) is 10.2 Å². The summed E-state index contributed by atoms with van der Waals surface area (Å²) >= 11 is 0. The highest BCUT2D eigenvalue weighted by Gasteiger charge is 2.15. The molecule has 1 fully saturated rings. The summed E-state index contributed by atoms with van der Waals surface area (Å²) in [5.41, 5.74) is 0.818. The minimum Gasteiger partial charge on any atom is -0.497 e. The number of amides is 1. The molecule has 26 heavy (non-hydrogen) atoms. The van der Waals surface area contributed by atoms with Crippen molar-refractivity contribution >= 4 is 17.4 Å². The first-order chi connectivity index (χ1) is 12.7. The summed E-state index contributed by atoms with van der Waals surface area (Å²) in [7, 11) is 3.12. The van der Waals surface area contributed by atoms with E-state index in [1.54, 1.807) is 38.5 Å². The second-order valence-electron chi connectivity index (χ2n) is 6.20. The highest BCUT2D eigenvalue weighted by molar-refractivity contribution is 6.03. The van der Waals surface area contributed by atoms with Gasteiger partial charge in [0.25, 0.3) is 5.91 Å². The minimum atomic E-state index is -0.330. The van der Waals surface area contributed by atoms with Crippen LogP contribution in [-0.4, -0.2) is 43.4 Å². The van der Waals surface area contributed by atoms with Crippen molar-refractivity contribution in [2.75, 3.05) is 37.5 Å². The van der Waals surface area contributed by atoms with Crippen LogP contribution < -0.4 is 19.7 Å². The van der Waals surface area contributed by atoms with Crippen molar-refractivity contribution in [3.8, 4) is 11.5 Å². The summed E-state index contributed by atoms with van der Waals surface area (Å²) in [6.07, 6.45) is 4.85. The van der Waals surface area contributed by atoms with Crippen LogP contribution in [0.25, 0.3) is 0 Å². The smallest absolute Gasteiger partial charge is 0.276 e. The highest BCUT2D eigenvalue weighted by atomic mass is 16.5. The molecule has 1 aliphatic rings. The van der Waals surface area contributed by atoms with Crippen LogP contribution >= 0.6 is 0 Å². The van der Waals surface area contributed by atoms with Gasteiger partial charge in [0.2, 0.25) is 0 Å². The van der Waals surface area contributed by atoms with Gasteiger partial charge >= 0.3 is 0 Å². The third-order valence-electron chi connectivity index (χ3n) is 4.47. The van der Waals surface area contributed by atoms with Gasteiger partial charge < -0.3 is 19.7 Å². The fraction of sp³-hybridized carbons (Fsp3) is 0.421. The van der Waals surface area contributed by atoms with E-state index in [0.717, 1.165) is 18.9 Å². The number of ether oxygens (including phenoxy) is 2. The molecule has 138 valence electrons. The second kappa shape index (κ2) is 8.51. The van der Waals surface area contributed by atoms with E-state index in [4.69, 9.17) is 9.47 Å². The van der Waals surface area contributed by atoms with Gasteiger partial charge in [-0.25, -0.2) is 0 Å². The molecule has 7 nitrogen and oxygen atoms in total. The first kappa shape index (κ1) is 18.0. The average Bonchev–Trinajstić information content (AvgIpc) is 2.98. The fourth-order valence-electron chi connectivity index (χ4n) is 3.00. The Labute approximate surface area is 153 Å². The van der Waals surface area contributed by atoms with Gasteiger partial charge in [0.1, 0.15) is 11.5 Å². The van der Waals surface area contributed by atoms with Crippen LogP contribution in [0, 0.1) is 0 Å². The zero-order valence-corrected chi connectivity index (χ0v) is 15.2. The maximum Gasteiger partial charge on any atom is 0.276 e. The number of anilines is 2. The van der Waals surface area contributed by atoms with Crippen LogP contribution in [0.15, 0.2) is 30.3 Å². The molecule has 0 spiro atoms. The monoisotopic (exact) mass is 356 g/mol. The number of hydrogen-bond donors (Lipinski definition) is 1. The molecule has 1 aliphatic heterocycles. The van der Waals surface area contributed by atoms with Crippen molar-refractivity contribution < 1.29 is 14.3 Å². The van der Waals surface area contributed by atoms with Gasteiger partial charge in [-0.2, -0.15) is 0 Å². The lowest BCUT2D eigenvalue weighted by Gasteiger charge is -2.20. The lowest BCUT2D eigenvalue weighted by atomic mass is 10.2. The van der Waals surface area contributed by atoms with E-state index in [2.05, 4.69) is 20.4 Å². The number of hydrogen-bond acceptors (Lipinski definition) is 6. The summed E-state index contributed by atoms with van der Waals surface area (Å²) in [6, 6.07) is 8.77. The van der Waals surface area contributed by atoms with E-state index in [0.29, 0.717) is 17.2 Å². The zero-order chi connectivity index (χ0) is 18.4. The Morgan fingerprint density at radius 1 is 1.00 bits per heavy atom. The van der Waals surface area contributed by atoms with E-state index in [1.807, 2.05) is 6.07 Å². The first-order valence-electron chi connectivity index (χ1n) is 8.83. The molecule has 7 heteroatoms. The van der Waals surface area contributed by atoms with Gasteiger partial charge in [0, 0.05) is 19.2 Å². The predicted molar refractivity (Wildman–Crippen MR) is 100 cm³/mol. The van der Waals surface area contributed by atoms with Crippen LogP contribution in [-0.2, 0) is 0 Å². The molecule has 0 saturated carbocycles. The normalized spacial score (nSPS) is 14.5. The fourth-order valence-corrected chi connectivity index (χ4v) is 3.00. The molecule has 1 aromatic carbocycles. The Balaban J connectivity index is 1.70. The molecule has 0 radical (unpaired) electrons. The molecule has 0 aliphatic carbocycles. The van der Waals surface area contributed by atoms with E-state index in [9.17, 15) is 4.79 Å². The number of rotatable bonds is 5. The quantitative estimate of drug-likeness (QED) is 0.887. The maximum atomic E-state index is 12.5. The molecule has 3 rings (SSSR count). The molecular formula is C19H24N4O3. The summed E-state index contributed by atoms with van der Waals surface area (Å²) in [5, 5.41) is 11.1. The van der Waals surface area contributed by atoms with Crippen LogP contribution in [0.1, 0.15) is 36.2 Å². The minimum absolute atomic E-state index is 0.265. The molecular weight excluding hydrogens is 332 g/mol. The van der Waals surface area contributed by atoms with Gasteiger partial charge in [-0.3, -0.25) is 4.79 Å². The van der Waals surface area contributed by atoms with Gasteiger partial charge in [0.15, 0.2) is 11.5 Å². The van der Waals surface area contributed by atoms with Crippen LogP contribution in [0.5, 0.6) is 11.5 Å². The number of carbonyl (C=O) groups excluding carboxylic acids is 1. The third kappa shape index (κ3) is 4.22. The predicted octanol–water partition coefficient (Wildman–Crippen LogP) is 3.13. The van der Waals surface area contributed by atoms with Crippen molar-refractivity contribution in [3.05, 3.63) is 36.0 Å². The highest BCUT2D eigenvalue weighted by Crippen LogP contribution is 2.29. The second-order valence-corrected chi connectivity index (χ2v) is 6.20. The lowest BCUT2D eigenvalue weighted by Crippen LogP contribution is -2.25. The topological polar surface area (TPSA) is 76.6 Å². The van der Waals surface area contributed by atoms with Crippen molar-refractivity contribution in [1.29, 1.82) is 0 Å². The van der Waals surface area contributed by atoms with Crippen LogP contribution in [0.2, 0.25) is 0 Å². The SMILES string of the molecule is COc1ccc(NC(=O)c2ccc(N3CCCCCC3)nn2)c(OC)c1. The number of benzene rings is 1. The molecule has 0 unspecified atom stereocenters. The number of aromatic nitrogens is 2. The largest absolute Gasteiger partial charge is 0.497 e. The Bertz CT molecular complexity index is 741. The Morgan fingerprint density at radius 3 is 2.38 bits per heavy atom. The zero-order valence-electron chi connectivity index (χ0n) is 15.2. The Hall–Kier alpha value is -2.83. The van der Waals surface area contributed by atoms with Crippen molar-refractivity contribution in [2.24, 2.45) is 0 Å². The summed E-state index contributed by atoms with van der Waals surface area (Å²) in [4.78, 5) is 14.7. The maximum absolute atomic E-state index is 12.5. The lowest BCUT2D eigenvalue weighted by molar-refractivity contribution is 0.102. The number of methoxy groups -OCH3 is 2. The van der Waals surface area contributed by atoms with Gasteiger partial charge in [0.05, 0.1) is 19.9 Å². The van der Waals surface area contributed by atoms with Crippen molar-refractivity contribution in [2.45, 2.75) is 25.7 Å². The van der Waals surface area contributed by atoms with E-state index < -0.39 is 0 Å². The number of carbonyl (C=O) groups is 1. The molecule has 2 aromatic rings. The Morgan fingerprint density at radius 2 is 1.77 bits per heavy atom. The number of nitrogens with one attached hydrogen (secondary N) is 1. The average molecular weight is 356 g/mol. The van der Waals surface area contributed by atoms with Crippen molar-refractivity contribution in [3.63, 3.8) is 0 Å². The van der Waals surface area contributed by atoms with Gasteiger partial charge in [-0.15, -0.1) is 10.2 Å². The first-order valence-corrected chi connectivity index (χ1v) is 8.83. The van der Waals surface area contributed by atoms with E-state index in [1.165, 1.54) is 25.7 Å². The van der Waals surface area contributed by atoms with Gasteiger partial charge in [-0.05, 0) is 37.1 Å². The van der Waals surface area contributed by atoms with Gasteiger partial charge in [-0.1, -0.05) is 12.8 Å². The molecule has 1 N–H and O–H groups in total. The van der Waals surface area contributed by atoms with Crippen LogP contribution in [0.3, 0.4) is 0 Å². The molecule has 0 atom stereocenters. The Kier molecular flexibility index (Phi) is 5.88. The standard InChI is InChI=1S/C19H24N4O3/c1-25-14-7-8-15(17(13-14)26-2)20-19(24)16-9-10-18(22-21-16)23-11-5-3-4-6-12-23/h7-10,13H,3-6,11-12H2,1-2H3,(H,20,24). The molecule has 2 heterocycles. The summed E-state index contributed by atoms with van der Waals surface area (Å²) < 4.78 is 10.5. The third-order valence-corrected chi connectivity index (χ3v) is 4.47. The number of nitrogens with zero attached hydrogens (tertiary/aromatic N) is 3. The molecule has 1 aromatic heterocycles.